The van der Waals surface area contributed by atoms with E-state index in [9.17, 15) is 18.4 Å². The third kappa shape index (κ3) is 10.2. The van der Waals surface area contributed by atoms with E-state index in [0.717, 1.165) is 99.5 Å². The zero-order valence-electron chi connectivity index (χ0n) is 34.1. The molecule has 8 rings (SSSR count). The molecule has 2 saturated heterocycles. The molecule has 2 atom stereocenters. The number of benzene rings is 2. The monoisotopic (exact) mass is 808 g/mol. The maximum atomic E-state index is 13.2. The summed E-state index contributed by atoms with van der Waals surface area (Å²) in [5, 5.41) is 27.1. The van der Waals surface area contributed by atoms with E-state index in [1.54, 1.807) is 70.8 Å². The van der Waals surface area contributed by atoms with Crippen molar-refractivity contribution in [2.24, 2.45) is 11.8 Å². The van der Waals surface area contributed by atoms with E-state index < -0.39 is 0 Å². The number of piperidine rings is 2. The fourth-order valence-electron chi connectivity index (χ4n) is 8.10. The molecule has 2 aromatic carbocycles. The van der Waals surface area contributed by atoms with Crippen molar-refractivity contribution in [1.29, 1.82) is 0 Å². The third-order valence-electron chi connectivity index (χ3n) is 11.4. The van der Waals surface area contributed by atoms with Crippen LogP contribution >= 0.6 is 0 Å². The molecule has 15 heteroatoms. The van der Waals surface area contributed by atoms with Crippen molar-refractivity contribution in [1.82, 2.24) is 50.4 Å². The van der Waals surface area contributed by atoms with Crippen LogP contribution in [0, 0.1) is 23.5 Å². The van der Waals surface area contributed by atoms with Gasteiger partial charge in [-0.15, -0.1) is 0 Å². The number of hydrogen-bond donors (Lipinski definition) is 4. The molecule has 0 bridgehead atoms. The standard InChI is InChI=1S/C22H26FN5O.C21H24FN5O.CH4O/c1-3-20(15-8-10-27(2)11-9-15)26-22(29)19-12-24-14-21-18(19)13-25-28(21)17-6-4-16(23)5-7-17;1-2-19(14-7-9-23-10-8-14)26-21(28)18-11-24-13-20-17(18)12-25-27(20)16-5-3-15(22)4-6-16;1-2/h4-7,12-15,20H,3,8-11H2,1-2H3,(H,26,29);3-6,11-14,19,23H,2,7-10H2,1H3,(H,26,28);2H,1H3. The van der Waals surface area contributed by atoms with E-state index in [1.807, 2.05) is 0 Å². The van der Waals surface area contributed by atoms with Gasteiger partial charge in [0, 0.05) is 42.4 Å². The van der Waals surface area contributed by atoms with E-state index in [2.05, 4.69) is 61.9 Å². The maximum absolute atomic E-state index is 13.2. The van der Waals surface area contributed by atoms with Gasteiger partial charge in [-0.05, 0) is 132 Å². The van der Waals surface area contributed by atoms with Gasteiger partial charge in [-0.1, -0.05) is 13.8 Å². The summed E-state index contributed by atoms with van der Waals surface area (Å²) in [5.74, 6) is 0.137. The number of amides is 2. The molecule has 13 nitrogen and oxygen atoms in total. The van der Waals surface area contributed by atoms with Crippen molar-refractivity contribution in [3.05, 3.63) is 108 Å². The number of carbonyl (C=O) groups is 2. The summed E-state index contributed by atoms with van der Waals surface area (Å²) >= 11 is 0. The Morgan fingerprint density at radius 1 is 0.678 bits per heavy atom. The van der Waals surface area contributed by atoms with Gasteiger partial charge in [-0.3, -0.25) is 19.6 Å². The van der Waals surface area contributed by atoms with Crippen LogP contribution in [-0.2, 0) is 0 Å². The first kappa shape index (κ1) is 43.0. The van der Waals surface area contributed by atoms with E-state index in [-0.39, 0.29) is 35.5 Å². The maximum Gasteiger partial charge on any atom is 0.253 e. The number of fused-ring (bicyclic) bond motifs is 2. The predicted octanol–water partition coefficient (Wildman–Crippen LogP) is 6.09. The average molecular weight is 809 g/mol. The number of aliphatic hydroxyl groups excluding tert-OH is 1. The van der Waals surface area contributed by atoms with Crippen molar-refractivity contribution in [2.45, 2.75) is 64.5 Å². The minimum Gasteiger partial charge on any atom is -0.400 e. The van der Waals surface area contributed by atoms with Gasteiger partial charge in [0.2, 0.25) is 0 Å². The number of aromatic nitrogens is 6. The third-order valence-corrected chi connectivity index (χ3v) is 11.4. The molecule has 312 valence electrons. The molecule has 59 heavy (non-hydrogen) atoms. The zero-order valence-corrected chi connectivity index (χ0v) is 34.1. The van der Waals surface area contributed by atoms with E-state index in [1.165, 1.54) is 24.3 Å². The Hall–Kier alpha value is -5.64. The number of aliphatic hydroxyl groups is 1. The number of nitrogens with one attached hydrogen (secondary N) is 3. The lowest BCUT2D eigenvalue weighted by molar-refractivity contribution is 0.0896. The molecule has 4 N–H and O–H groups in total. The number of hydrogen-bond acceptors (Lipinski definition) is 9. The van der Waals surface area contributed by atoms with Gasteiger partial charge in [0.1, 0.15) is 11.6 Å². The van der Waals surface area contributed by atoms with Crippen molar-refractivity contribution in [3.63, 3.8) is 0 Å². The zero-order chi connectivity index (χ0) is 41.9. The first-order valence-corrected chi connectivity index (χ1v) is 20.3. The number of likely N-dealkylation sites (tertiary alicyclic amines) is 1. The lowest BCUT2D eigenvalue weighted by Crippen LogP contribution is -2.44. The Morgan fingerprint density at radius 3 is 1.49 bits per heavy atom. The molecular weight excluding hydrogens is 755 g/mol. The minimum absolute atomic E-state index is 0.118. The summed E-state index contributed by atoms with van der Waals surface area (Å²) < 4.78 is 29.8. The second-order valence-electron chi connectivity index (χ2n) is 15.0. The van der Waals surface area contributed by atoms with Crippen molar-refractivity contribution < 1.29 is 23.5 Å². The molecule has 2 amide bonds. The van der Waals surface area contributed by atoms with Crippen LogP contribution in [0.2, 0.25) is 0 Å². The Labute approximate surface area is 343 Å². The molecule has 2 unspecified atom stereocenters. The number of halogens is 2. The van der Waals surface area contributed by atoms with Gasteiger partial charge in [0.25, 0.3) is 11.8 Å². The highest BCUT2D eigenvalue weighted by atomic mass is 19.1. The van der Waals surface area contributed by atoms with Gasteiger partial charge >= 0.3 is 0 Å². The van der Waals surface area contributed by atoms with E-state index >= 15 is 0 Å². The van der Waals surface area contributed by atoms with Crippen molar-refractivity contribution >= 4 is 33.6 Å². The number of rotatable bonds is 10. The quantitative estimate of drug-likeness (QED) is 0.129. The fourth-order valence-corrected chi connectivity index (χ4v) is 8.10. The van der Waals surface area contributed by atoms with Crippen molar-refractivity contribution in [3.8, 4) is 11.4 Å². The topological polar surface area (TPSA) is 155 Å². The van der Waals surface area contributed by atoms with Crippen LogP contribution in [0.4, 0.5) is 8.78 Å². The summed E-state index contributed by atoms with van der Waals surface area (Å²) in [7, 11) is 3.14. The number of pyridine rings is 2. The largest absolute Gasteiger partial charge is 0.400 e. The molecule has 0 aliphatic carbocycles. The van der Waals surface area contributed by atoms with Gasteiger partial charge in [0.05, 0.1) is 58.3 Å². The Bertz CT molecular complexity index is 2280. The molecule has 6 aromatic rings. The molecule has 2 aliphatic rings. The van der Waals surface area contributed by atoms with Crippen LogP contribution in [0.15, 0.2) is 85.7 Å². The van der Waals surface area contributed by atoms with Gasteiger partial charge in [0.15, 0.2) is 0 Å². The highest BCUT2D eigenvalue weighted by Gasteiger charge is 2.27. The van der Waals surface area contributed by atoms with Gasteiger partial charge in [-0.2, -0.15) is 10.2 Å². The smallest absolute Gasteiger partial charge is 0.253 e. The molecular formula is C44H54F2N10O3. The Morgan fingerprint density at radius 2 is 1.08 bits per heavy atom. The highest BCUT2D eigenvalue weighted by Crippen LogP contribution is 2.26. The van der Waals surface area contributed by atoms with Crippen LogP contribution in [0.25, 0.3) is 33.2 Å². The Kier molecular flexibility index (Phi) is 14.8. The molecule has 6 heterocycles. The van der Waals surface area contributed by atoms with Crippen LogP contribution < -0.4 is 16.0 Å². The van der Waals surface area contributed by atoms with Crippen LogP contribution in [0.3, 0.4) is 0 Å². The van der Waals surface area contributed by atoms with Gasteiger partial charge < -0.3 is 26.0 Å². The van der Waals surface area contributed by atoms with Crippen LogP contribution in [0.1, 0.15) is 73.1 Å². The molecule has 2 aliphatic heterocycles. The van der Waals surface area contributed by atoms with Crippen LogP contribution in [-0.4, -0.2) is 104 Å². The molecule has 0 spiro atoms. The lowest BCUT2D eigenvalue weighted by atomic mass is 9.88. The fraction of sp³-hybridized carbons (Fsp3) is 0.409. The molecule has 2 fully saturated rings. The average Bonchev–Trinajstić information content (AvgIpc) is 3.92. The highest BCUT2D eigenvalue weighted by molar-refractivity contribution is 6.06. The normalized spacial score (nSPS) is 16.1. The minimum atomic E-state index is -0.304. The van der Waals surface area contributed by atoms with Crippen LogP contribution in [0.5, 0.6) is 0 Å². The van der Waals surface area contributed by atoms with E-state index in [4.69, 9.17) is 5.11 Å². The Balaban J connectivity index is 0.000000191. The summed E-state index contributed by atoms with van der Waals surface area (Å²) in [6.07, 6.45) is 16.0. The van der Waals surface area contributed by atoms with Gasteiger partial charge in [-0.25, -0.2) is 18.1 Å². The SMILES string of the molecule is CCC(NC(=O)c1cncc2c1cnn2-c1ccc(F)cc1)C1CCN(C)CC1.CCC(NC(=O)c1cncc2c1cnn2-c1ccc(F)cc1)C1CCNCC1.CO. The molecule has 0 radical (unpaired) electrons. The number of nitrogens with zero attached hydrogens (tertiary/aromatic N) is 7. The summed E-state index contributed by atoms with van der Waals surface area (Å²) in [6.45, 7) is 8.36. The molecule has 4 aromatic heterocycles. The second-order valence-corrected chi connectivity index (χ2v) is 15.0. The summed E-state index contributed by atoms with van der Waals surface area (Å²) in [5.41, 5.74) is 3.90. The number of carbonyl (C=O) groups excluding carboxylic acids is 2. The first-order chi connectivity index (χ1) is 28.7. The predicted molar refractivity (Wildman–Crippen MR) is 225 cm³/mol. The second kappa shape index (κ2) is 20.4. The van der Waals surface area contributed by atoms with E-state index in [0.29, 0.717) is 28.5 Å². The molecule has 0 saturated carbocycles. The first-order valence-electron chi connectivity index (χ1n) is 20.3. The lowest BCUT2D eigenvalue weighted by Gasteiger charge is -2.34. The summed E-state index contributed by atoms with van der Waals surface area (Å²) in [6, 6.07) is 12.5. The van der Waals surface area contributed by atoms with Crippen molar-refractivity contribution in [2.75, 3.05) is 40.3 Å². The summed E-state index contributed by atoms with van der Waals surface area (Å²) in [4.78, 5) is 36.9.